The van der Waals surface area contributed by atoms with Crippen molar-refractivity contribution in [2.45, 2.75) is 44.9 Å². The van der Waals surface area contributed by atoms with Crippen LogP contribution in [-0.2, 0) is 4.74 Å². The van der Waals surface area contributed by atoms with Crippen molar-refractivity contribution in [3.8, 4) is 0 Å². The third-order valence-electron chi connectivity index (χ3n) is 5.70. The lowest BCUT2D eigenvalue weighted by Gasteiger charge is -2.38. The van der Waals surface area contributed by atoms with Crippen LogP contribution in [0.5, 0.6) is 0 Å². The maximum absolute atomic E-state index is 13.1. The quantitative estimate of drug-likeness (QED) is 0.853. The van der Waals surface area contributed by atoms with Crippen molar-refractivity contribution in [1.82, 2.24) is 20.0 Å². The molecule has 0 bridgehead atoms. The van der Waals surface area contributed by atoms with Gasteiger partial charge in [0.2, 0.25) is 0 Å². The number of benzene rings is 1. The molecule has 2 aliphatic heterocycles. The van der Waals surface area contributed by atoms with Gasteiger partial charge in [-0.1, -0.05) is 24.3 Å². The standard InChI is InChI=1S/C21H28N4O2.ClH/c1-15-6-3-4-8-18(15)20-13-24(16(2)14-27-20)21(26)19-9-11-25(23-19)17-7-5-10-22-12-17;/h3-4,6,8-9,11,16-17,20,22H,5,7,10,12-14H2,1-2H3;1H. The van der Waals surface area contributed by atoms with Gasteiger partial charge in [-0.05, 0) is 50.4 Å². The van der Waals surface area contributed by atoms with Crippen LogP contribution in [0.25, 0.3) is 0 Å². The molecule has 1 N–H and O–H groups in total. The minimum atomic E-state index is -0.0871. The summed E-state index contributed by atoms with van der Waals surface area (Å²) in [5.74, 6) is -0.00750. The van der Waals surface area contributed by atoms with Crippen LogP contribution >= 0.6 is 12.4 Å². The number of hydrogen-bond donors (Lipinski definition) is 1. The Hall–Kier alpha value is -1.89. The van der Waals surface area contributed by atoms with E-state index < -0.39 is 0 Å². The van der Waals surface area contributed by atoms with Crippen molar-refractivity contribution in [1.29, 1.82) is 0 Å². The number of aromatic nitrogens is 2. The van der Waals surface area contributed by atoms with Gasteiger partial charge in [-0.25, -0.2) is 0 Å². The number of piperidine rings is 1. The van der Waals surface area contributed by atoms with E-state index in [4.69, 9.17) is 4.74 Å². The summed E-state index contributed by atoms with van der Waals surface area (Å²) in [6.07, 6.45) is 4.10. The maximum atomic E-state index is 13.1. The second-order valence-corrected chi connectivity index (χ2v) is 7.67. The number of aryl methyl sites for hydroxylation is 1. The fourth-order valence-electron chi connectivity index (χ4n) is 4.04. The Morgan fingerprint density at radius 3 is 2.86 bits per heavy atom. The highest BCUT2D eigenvalue weighted by atomic mass is 35.5. The van der Waals surface area contributed by atoms with Crippen molar-refractivity contribution in [2.75, 3.05) is 26.2 Å². The summed E-state index contributed by atoms with van der Waals surface area (Å²) in [7, 11) is 0. The van der Waals surface area contributed by atoms with Gasteiger partial charge in [-0.15, -0.1) is 12.4 Å². The van der Waals surface area contributed by atoms with Gasteiger partial charge in [0.25, 0.3) is 5.91 Å². The Morgan fingerprint density at radius 1 is 1.29 bits per heavy atom. The van der Waals surface area contributed by atoms with Gasteiger partial charge < -0.3 is 15.0 Å². The number of hydrogen-bond acceptors (Lipinski definition) is 4. The third kappa shape index (κ3) is 4.24. The van der Waals surface area contributed by atoms with Gasteiger partial charge >= 0.3 is 0 Å². The zero-order chi connectivity index (χ0) is 18.8. The first-order valence-corrected chi connectivity index (χ1v) is 9.87. The molecular formula is C21H29ClN4O2. The zero-order valence-electron chi connectivity index (χ0n) is 16.5. The summed E-state index contributed by atoms with van der Waals surface area (Å²) in [4.78, 5) is 15.1. The highest BCUT2D eigenvalue weighted by Gasteiger charge is 2.32. The van der Waals surface area contributed by atoms with Crippen LogP contribution in [0, 0.1) is 6.92 Å². The number of rotatable bonds is 3. The monoisotopic (exact) mass is 404 g/mol. The zero-order valence-corrected chi connectivity index (χ0v) is 17.3. The molecule has 0 saturated carbocycles. The van der Waals surface area contributed by atoms with E-state index in [0.29, 0.717) is 24.9 Å². The molecule has 3 unspecified atom stereocenters. The largest absolute Gasteiger partial charge is 0.370 e. The average molecular weight is 405 g/mol. The number of halogens is 1. The average Bonchev–Trinajstić information content (AvgIpc) is 3.19. The molecular weight excluding hydrogens is 376 g/mol. The van der Waals surface area contributed by atoms with Gasteiger partial charge in [-0.3, -0.25) is 9.48 Å². The van der Waals surface area contributed by atoms with Gasteiger partial charge in [0.05, 0.1) is 25.2 Å². The SMILES string of the molecule is Cc1ccccc1C1CN(C(=O)c2ccn(C3CCCNC3)n2)C(C)CO1.Cl. The normalized spacial score (nSPS) is 25.2. The Labute approximate surface area is 172 Å². The van der Waals surface area contributed by atoms with Gasteiger partial charge in [0, 0.05) is 12.7 Å². The fourth-order valence-corrected chi connectivity index (χ4v) is 4.04. The van der Waals surface area contributed by atoms with Crippen molar-refractivity contribution in [3.05, 3.63) is 53.3 Å². The van der Waals surface area contributed by atoms with Crippen LogP contribution in [0.2, 0.25) is 0 Å². The Bertz CT molecular complexity index is 803. The van der Waals surface area contributed by atoms with E-state index >= 15 is 0 Å². The number of carbonyl (C=O) groups is 1. The smallest absolute Gasteiger partial charge is 0.274 e. The second kappa shape index (κ2) is 9.07. The summed E-state index contributed by atoms with van der Waals surface area (Å²) in [5.41, 5.74) is 2.87. The first-order chi connectivity index (χ1) is 13.1. The number of nitrogens with one attached hydrogen (secondary N) is 1. The van der Waals surface area contributed by atoms with E-state index in [1.165, 1.54) is 5.56 Å². The lowest BCUT2D eigenvalue weighted by Crippen LogP contribution is -2.48. The molecule has 0 radical (unpaired) electrons. The molecule has 2 saturated heterocycles. The number of ether oxygens (including phenoxy) is 1. The molecule has 7 heteroatoms. The lowest BCUT2D eigenvalue weighted by molar-refractivity contribution is -0.0491. The van der Waals surface area contributed by atoms with E-state index in [2.05, 4.69) is 29.5 Å². The summed E-state index contributed by atoms with van der Waals surface area (Å²) in [6.45, 7) is 7.20. The Balaban J connectivity index is 0.00000225. The summed E-state index contributed by atoms with van der Waals surface area (Å²) < 4.78 is 7.99. The molecule has 28 heavy (non-hydrogen) atoms. The molecule has 2 aromatic rings. The van der Waals surface area contributed by atoms with Crippen molar-refractivity contribution < 1.29 is 9.53 Å². The second-order valence-electron chi connectivity index (χ2n) is 7.67. The van der Waals surface area contributed by atoms with Crippen molar-refractivity contribution >= 4 is 18.3 Å². The number of carbonyl (C=O) groups excluding carboxylic acids is 1. The topological polar surface area (TPSA) is 59.4 Å². The lowest BCUT2D eigenvalue weighted by atomic mass is 10.0. The molecule has 4 rings (SSSR count). The van der Waals surface area contributed by atoms with E-state index in [0.717, 1.165) is 31.5 Å². The van der Waals surface area contributed by atoms with Crippen LogP contribution < -0.4 is 5.32 Å². The molecule has 0 spiro atoms. The molecule has 1 aromatic carbocycles. The summed E-state index contributed by atoms with van der Waals surface area (Å²) in [6, 6.07) is 10.4. The highest BCUT2D eigenvalue weighted by molar-refractivity contribution is 5.92. The first kappa shape index (κ1) is 20.8. The van der Waals surface area contributed by atoms with Crippen molar-refractivity contribution in [3.63, 3.8) is 0 Å². The Kier molecular flexibility index (Phi) is 6.75. The Morgan fingerprint density at radius 2 is 2.11 bits per heavy atom. The van der Waals surface area contributed by atoms with Crippen LogP contribution in [0.15, 0.2) is 36.5 Å². The first-order valence-electron chi connectivity index (χ1n) is 9.87. The molecule has 3 atom stereocenters. The highest BCUT2D eigenvalue weighted by Crippen LogP contribution is 2.28. The molecule has 1 amide bonds. The maximum Gasteiger partial charge on any atom is 0.274 e. The number of amides is 1. The van der Waals surface area contributed by atoms with Gasteiger partial charge in [-0.2, -0.15) is 5.10 Å². The van der Waals surface area contributed by atoms with E-state index in [-0.39, 0.29) is 30.5 Å². The van der Waals surface area contributed by atoms with Crippen LogP contribution in [0.3, 0.4) is 0 Å². The molecule has 2 fully saturated rings. The number of nitrogens with zero attached hydrogens (tertiary/aromatic N) is 3. The minimum absolute atomic E-state index is 0. The molecule has 152 valence electrons. The molecule has 6 nitrogen and oxygen atoms in total. The summed E-state index contributed by atoms with van der Waals surface area (Å²) in [5, 5.41) is 8.00. The van der Waals surface area contributed by atoms with E-state index in [1.807, 2.05) is 40.9 Å². The fraction of sp³-hybridized carbons (Fsp3) is 0.524. The predicted octanol–water partition coefficient (Wildman–Crippen LogP) is 3.14. The summed E-state index contributed by atoms with van der Waals surface area (Å²) >= 11 is 0. The van der Waals surface area contributed by atoms with E-state index in [9.17, 15) is 4.79 Å². The molecule has 1 aromatic heterocycles. The molecule has 3 heterocycles. The third-order valence-corrected chi connectivity index (χ3v) is 5.70. The number of morpholine rings is 1. The van der Waals surface area contributed by atoms with Crippen LogP contribution in [0.4, 0.5) is 0 Å². The van der Waals surface area contributed by atoms with Crippen LogP contribution in [-0.4, -0.2) is 52.9 Å². The minimum Gasteiger partial charge on any atom is -0.370 e. The van der Waals surface area contributed by atoms with Crippen LogP contribution in [0.1, 0.15) is 53.5 Å². The van der Waals surface area contributed by atoms with Gasteiger partial charge in [0.1, 0.15) is 11.8 Å². The van der Waals surface area contributed by atoms with Crippen molar-refractivity contribution in [2.24, 2.45) is 0 Å². The van der Waals surface area contributed by atoms with Gasteiger partial charge in [0.15, 0.2) is 0 Å². The predicted molar refractivity (Wildman–Crippen MR) is 111 cm³/mol. The molecule has 0 aliphatic carbocycles. The molecule has 2 aliphatic rings. The van der Waals surface area contributed by atoms with E-state index in [1.54, 1.807) is 0 Å².